The number of para-hydroxylation sites is 1. The van der Waals surface area contributed by atoms with E-state index in [1.165, 1.54) is 5.41 Å². The fraction of sp³-hybridized carbons (Fsp3) is 0.300. The number of carbonyl (C=O) groups is 1. The van der Waals surface area contributed by atoms with Gasteiger partial charge in [0.15, 0.2) is 15.6 Å². The van der Waals surface area contributed by atoms with Crippen LogP contribution in [0.1, 0.15) is 61.0 Å². The van der Waals surface area contributed by atoms with Crippen molar-refractivity contribution in [2.75, 3.05) is 5.32 Å². The summed E-state index contributed by atoms with van der Waals surface area (Å²) in [5, 5.41) is 4.84. The van der Waals surface area contributed by atoms with Gasteiger partial charge in [0.1, 0.15) is 0 Å². The first kappa shape index (κ1) is 24.9. The fourth-order valence-electron chi connectivity index (χ4n) is 4.99. The summed E-state index contributed by atoms with van der Waals surface area (Å²) in [5.74, 6) is 0.111. The summed E-state index contributed by atoms with van der Waals surface area (Å²) < 4.78 is 25.7. The number of sulfone groups is 1. The quantitative estimate of drug-likeness (QED) is 0.355. The Morgan fingerprint density at radius 3 is 2.34 bits per heavy atom. The molecule has 4 rings (SSSR count). The van der Waals surface area contributed by atoms with Crippen molar-refractivity contribution in [3.05, 3.63) is 107 Å². The van der Waals surface area contributed by atoms with Gasteiger partial charge >= 0.3 is 0 Å². The number of hydrogen-bond acceptors (Lipinski definition) is 4. The Morgan fingerprint density at radius 2 is 1.66 bits per heavy atom. The zero-order chi connectivity index (χ0) is 25.1. The van der Waals surface area contributed by atoms with E-state index in [1.807, 2.05) is 42.5 Å². The van der Waals surface area contributed by atoms with E-state index >= 15 is 0 Å². The summed E-state index contributed by atoms with van der Waals surface area (Å²) in [4.78, 5) is 13.9. The van der Waals surface area contributed by atoms with Gasteiger partial charge in [0.25, 0.3) is 0 Å². The first-order valence-electron chi connectivity index (χ1n) is 12.1. The van der Waals surface area contributed by atoms with Crippen molar-refractivity contribution in [3.63, 3.8) is 0 Å². The van der Waals surface area contributed by atoms with Gasteiger partial charge in [0.05, 0.1) is 4.90 Å². The Balaban J connectivity index is 1.63. The summed E-state index contributed by atoms with van der Waals surface area (Å²) in [6.07, 6.45) is 3.48. The smallest absolute Gasteiger partial charge is 0.199 e. The maximum Gasteiger partial charge on any atom is 0.199 e. The first-order chi connectivity index (χ1) is 16.6. The van der Waals surface area contributed by atoms with Crippen LogP contribution in [0.5, 0.6) is 0 Å². The van der Waals surface area contributed by atoms with Crippen molar-refractivity contribution >= 4 is 21.3 Å². The number of anilines is 1. The van der Waals surface area contributed by atoms with Crippen LogP contribution < -0.4 is 5.32 Å². The molecule has 0 unspecified atom stereocenters. The second kappa shape index (κ2) is 10.2. The molecule has 3 aromatic rings. The maximum atomic E-state index is 13.6. The molecule has 5 heteroatoms. The molecule has 1 N–H and O–H groups in total. The Bertz CT molecular complexity index is 1310. The van der Waals surface area contributed by atoms with E-state index in [-0.39, 0.29) is 28.6 Å². The van der Waals surface area contributed by atoms with E-state index in [9.17, 15) is 13.2 Å². The molecule has 1 aliphatic rings. The van der Waals surface area contributed by atoms with Crippen molar-refractivity contribution in [3.8, 4) is 0 Å². The summed E-state index contributed by atoms with van der Waals surface area (Å²) in [6.45, 7) is 6.51. The summed E-state index contributed by atoms with van der Waals surface area (Å²) >= 11 is 0. The molecule has 4 nitrogen and oxygen atoms in total. The molecule has 0 bridgehead atoms. The van der Waals surface area contributed by atoms with Crippen LogP contribution in [-0.4, -0.2) is 19.7 Å². The molecule has 0 radical (unpaired) electrons. The maximum absolute atomic E-state index is 13.6. The molecule has 1 heterocycles. The molecule has 0 saturated carbocycles. The number of allylic oxidation sites excluding steroid dienone is 1. The number of carbonyl (C=O) groups excluding carboxylic acids is 1. The van der Waals surface area contributed by atoms with E-state index in [4.69, 9.17) is 0 Å². The van der Waals surface area contributed by atoms with Gasteiger partial charge in [-0.25, -0.2) is 8.42 Å². The molecule has 0 fully saturated rings. The monoisotopic (exact) mass is 487 g/mol. The number of ketones is 1. The third-order valence-corrected chi connectivity index (χ3v) is 8.04. The lowest BCUT2D eigenvalue weighted by atomic mass is 9.80. The van der Waals surface area contributed by atoms with Gasteiger partial charge < -0.3 is 5.32 Å². The van der Waals surface area contributed by atoms with E-state index in [0.717, 1.165) is 23.2 Å². The largest absolute Gasteiger partial charge is 0.379 e. The van der Waals surface area contributed by atoms with Crippen molar-refractivity contribution in [1.82, 2.24) is 0 Å². The highest BCUT2D eigenvalue weighted by molar-refractivity contribution is 7.94. The highest BCUT2D eigenvalue weighted by Crippen LogP contribution is 2.41. The molecule has 0 aromatic heterocycles. The average molecular weight is 488 g/mol. The predicted octanol–water partition coefficient (Wildman–Crippen LogP) is 6.80. The highest BCUT2D eigenvalue weighted by atomic mass is 32.2. The molecule has 1 aliphatic heterocycles. The summed E-state index contributed by atoms with van der Waals surface area (Å²) in [7, 11) is -3.59. The van der Waals surface area contributed by atoms with E-state index in [2.05, 4.69) is 32.2 Å². The van der Waals surface area contributed by atoms with Gasteiger partial charge in [0, 0.05) is 28.6 Å². The van der Waals surface area contributed by atoms with Crippen LogP contribution in [0, 0.1) is 5.92 Å². The van der Waals surface area contributed by atoms with Crippen molar-refractivity contribution in [2.24, 2.45) is 5.92 Å². The molecule has 2 atom stereocenters. The van der Waals surface area contributed by atoms with Crippen LogP contribution in [0.4, 0.5) is 5.69 Å². The Kier molecular flexibility index (Phi) is 7.27. The van der Waals surface area contributed by atoms with Gasteiger partial charge in [0.2, 0.25) is 0 Å². The number of rotatable bonds is 8. The molecular weight excluding hydrogens is 454 g/mol. The minimum atomic E-state index is -3.59. The molecule has 3 aromatic carbocycles. The number of fused-ring (bicyclic) bond motifs is 1. The zero-order valence-electron chi connectivity index (χ0n) is 20.6. The van der Waals surface area contributed by atoms with Crippen molar-refractivity contribution < 1.29 is 13.2 Å². The highest BCUT2D eigenvalue weighted by Gasteiger charge is 2.32. The third kappa shape index (κ3) is 6.09. The number of hydrogen-bond donors (Lipinski definition) is 1. The number of benzene rings is 3. The molecule has 35 heavy (non-hydrogen) atoms. The zero-order valence-corrected chi connectivity index (χ0v) is 21.4. The average Bonchev–Trinajstić information content (AvgIpc) is 2.83. The number of nitrogens with one attached hydrogen (secondary N) is 1. The number of Topliss-reactive ketones (excluding diaryl/α,β-unsaturated/α-hetero) is 1. The second-order valence-electron chi connectivity index (χ2n) is 10.1. The Hall–Kier alpha value is -3.18. The SMILES string of the molecule is C[C@@H]1CC(C)(C)Nc2c(C(=O)C[C@H](/C=C/S(=O)(=O)c3ccccc3)Cc3ccccc3)cccc21. The van der Waals surface area contributed by atoms with Crippen LogP contribution in [0.2, 0.25) is 0 Å². The Labute approximate surface area is 209 Å². The minimum Gasteiger partial charge on any atom is -0.379 e. The van der Waals surface area contributed by atoms with Crippen LogP contribution in [0.25, 0.3) is 0 Å². The van der Waals surface area contributed by atoms with Gasteiger partial charge in [-0.3, -0.25) is 4.79 Å². The van der Waals surface area contributed by atoms with Crippen molar-refractivity contribution in [2.45, 2.75) is 56.4 Å². The second-order valence-corrected chi connectivity index (χ2v) is 12.0. The van der Waals surface area contributed by atoms with Gasteiger partial charge in [-0.15, -0.1) is 0 Å². The van der Waals surface area contributed by atoms with Crippen LogP contribution in [-0.2, 0) is 16.3 Å². The Morgan fingerprint density at radius 1 is 1.00 bits per heavy atom. The van der Waals surface area contributed by atoms with Crippen LogP contribution in [0.3, 0.4) is 0 Å². The molecule has 182 valence electrons. The molecule has 0 amide bonds. The van der Waals surface area contributed by atoms with Crippen LogP contribution >= 0.6 is 0 Å². The normalized spacial score (nSPS) is 18.0. The van der Waals surface area contributed by atoms with Gasteiger partial charge in [-0.2, -0.15) is 0 Å². The molecule has 0 aliphatic carbocycles. The lowest BCUT2D eigenvalue weighted by molar-refractivity contribution is 0.0969. The lowest BCUT2D eigenvalue weighted by Crippen LogP contribution is -2.37. The van der Waals surface area contributed by atoms with E-state index in [0.29, 0.717) is 17.9 Å². The topological polar surface area (TPSA) is 63.2 Å². The van der Waals surface area contributed by atoms with E-state index < -0.39 is 9.84 Å². The van der Waals surface area contributed by atoms with Gasteiger partial charge in [-0.1, -0.05) is 73.7 Å². The van der Waals surface area contributed by atoms with Crippen molar-refractivity contribution in [1.29, 1.82) is 0 Å². The standard InChI is InChI=1S/C30H33NO3S/c1-22-21-30(2,3)31-29-26(22)15-10-16-27(29)28(32)20-24(19-23-11-6-4-7-12-23)17-18-35(33,34)25-13-8-5-9-14-25/h4-18,22,24,31H,19-21H2,1-3H3/b18-17+/t22-,24-/m1/s1. The lowest BCUT2D eigenvalue weighted by Gasteiger charge is -2.38. The third-order valence-electron chi connectivity index (χ3n) is 6.60. The molecule has 0 saturated heterocycles. The summed E-state index contributed by atoms with van der Waals surface area (Å²) in [6, 6.07) is 24.2. The van der Waals surface area contributed by atoms with Crippen LogP contribution in [0.15, 0.2) is 95.2 Å². The first-order valence-corrected chi connectivity index (χ1v) is 13.7. The summed E-state index contributed by atoms with van der Waals surface area (Å²) in [5.41, 5.74) is 3.72. The molecular formula is C30H33NO3S. The fourth-order valence-corrected chi connectivity index (χ4v) is 6.12. The predicted molar refractivity (Wildman–Crippen MR) is 143 cm³/mol. The van der Waals surface area contributed by atoms with Gasteiger partial charge in [-0.05, 0) is 67.9 Å². The molecule has 0 spiro atoms. The minimum absolute atomic E-state index is 0.0157. The van der Waals surface area contributed by atoms with E-state index in [1.54, 1.807) is 36.4 Å².